The molecule has 0 aliphatic heterocycles. The summed E-state index contributed by atoms with van der Waals surface area (Å²) in [5.74, 6) is -6.52. The summed E-state index contributed by atoms with van der Waals surface area (Å²) in [6.45, 7) is 1.77. The van der Waals surface area contributed by atoms with Crippen LogP contribution in [0.4, 0.5) is 22.0 Å². The van der Waals surface area contributed by atoms with E-state index in [1.165, 1.54) is 24.5 Å². The lowest BCUT2D eigenvalue weighted by Gasteiger charge is -2.29. The van der Waals surface area contributed by atoms with Crippen LogP contribution in [-0.2, 0) is 0 Å². The van der Waals surface area contributed by atoms with Crippen LogP contribution in [0.3, 0.4) is 0 Å². The summed E-state index contributed by atoms with van der Waals surface area (Å²) in [6.07, 6.45) is 3.43. The molecule has 5 rings (SSSR count). The summed E-state index contributed by atoms with van der Waals surface area (Å²) in [5.41, 5.74) is -1.10. The van der Waals surface area contributed by atoms with E-state index in [2.05, 4.69) is 15.3 Å². The lowest BCUT2D eigenvalue weighted by atomic mass is 9.91. The van der Waals surface area contributed by atoms with Crippen molar-refractivity contribution in [3.05, 3.63) is 65.7 Å². The van der Waals surface area contributed by atoms with Gasteiger partial charge in [0, 0.05) is 48.0 Å². The number of carbonyl (C=O) groups excluding carboxylic acids is 1. The van der Waals surface area contributed by atoms with Crippen LogP contribution < -0.4 is 10.1 Å². The Labute approximate surface area is 216 Å². The van der Waals surface area contributed by atoms with Gasteiger partial charge in [-0.3, -0.25) is 9.78 Å². The zero-order valence-corrected chi connectivity index (χ0v) is 20.6. The van der Waals surface area contributed by atoms with Crippen molar-refractivity contribution in [3.63, 3.8) is 0 Å². The van der Waals surface area contributed by atoms with E-state index in [0.717, 1.165) is 31.0 Å². The van der Waals surface area contributed by atoms with Crippen molar-refractivity contribution in [2.75, 3.05) is 0 Å². The Hall–Kier alpha value is -3.56. The Morgan fingerprint density at radius 3 is 2.50 bits per heavy atom. The van der Waals surface area contributed by atoms with Crippen LogP contribution >= 0.6 is 0 Å². The van der Waals surface area contributed by atoms with Gasteiger partial charge in [0.05, 0.1) is 11.3 Å². The molecule has 2 aliphatic rings. The highest BCUT2D eigenvalue weighted by atomic mass is 19.3. The van der Waals surface area contributed by atoms with E-state index >= 15 is 8.78 Å². The topological polar surface area (TPSA) is 64.1 Å². The van der Waals surface area contributed by atoms with Crippen LogP contribution in [0.15, 0.2) is 42.7 Å². The molecule has 1 amide bonds. The highest BCUT2D eigenvalue weighted by molar-refractivity contribution is 6.06. The molecule has 1 aromatic carbocycles. The minimum absolute atomic E-state index is 0.0145. The molecule has 200 valence electrons. The van der Waals surface area contributed by atoms with E-state index in [9.17, 15) is 18.0 Å². The van der Waals surface area contributed by atoms with E-state index in [1.54, 1.807) is 6.92 Å². The predicted molar refractivity (Wildman–Crippen MR) is 130 cm³/mol. The summed E-state index contributed by atoms with van der Waals surface area (Å²) in [5, 5.41) is 2.69. The van der Waals surface area contributed by atoms with Gasteiger partial charge in [-0.2, -0.15) is 0 Å². The van der Waals surface area contributed by atoms with E-state index in [1.807, 2.05) is 0 Å². The van der Waals surface area contributed by atoms with E-state index in [-0.39, 0.29) is 46.7 Å². The van der Waals surface area contributed by atoms with Gasteiger partial charge in [-0.05, 0) is 62.8 Å². The number of nitrogens with zero attached hydrogens (tertiary/aromatic N) is 2. The molecule has 10 heteroatoms. The van der Waals surface area contributed by atoms with Crippen LogP contribution in [-0.4, -0.2) is 33.9 Å². The number of benzene rings is 1. The zero-order valence-electron chi connectivity index (χ0n) is 20.6. The second kappa shape index (κ2) is 10.3. The number of ether oxygens (including phenoxy) is 1. The van der Waals surface area contributed by atoms with Crippen LogP contribution in [0, 0.1) is 23.4 Å². The van der Waals surface area contributed by atoms with Crippen molar-refractivity contribution < 1.29 is 31.5 Å². The van der Waals surface area contributed by atoms with Crippen molar-refractivity contribution in [1.29, 1.82) is 0 Å². The smallest absolute Gasteiger partial charge is 0.254 e. The largest absolute Gasteiger partial charge is 0.472 e. The Kier molecular flexibility index (Phi) is 7.07. The third kappa shape index (κ3) is 5.49. The monoisotopic (exact) mass is 531 g/mol. The van der Waals surface area contributed by atoms with Crippen LogP contribution in [0.2, 0.25) is 0 Å². The van der Waals surface area contributed by atoms with Crippen molar-refractivity contribution in [2.45, 2.75) is 63.5 Å². The maximum atomic E-state index is 16.1. The molecule has 2 aliphatic carbocycles. The van der Waals surface area contributed by atoms with Gasteiger partial charge in [0.1, 0.15) is 17.7 Å². The van der Waals surface area contributed by atoms with Crippen molar-refractivity contribution in [2.24, 2.45) is 5.92 Å². The van der Waals surface area contributed by atoms with Gasteiger partial charge in [0.2, 0.25) is 5.92 Å². The molecule has 0 saturated heterocycles. The van der Waals surface area contributed by atoms with Gasteiger partial charge < -0.3 is 10.1 Å². The van der Waals surface area contributed by atoms with Gasteiger partial charge in [0.25, 0.3) is 11.8 Å². The third-order valence-corrected chi connectivity index (χ3v) is 7.10. The molecule has 0 radical (unpaired) electrons. The second-order valence-electron chi connectivity index (χ2n) is 9.96. The number of alkyl halides is 2. The fraction of sp³-hybridized carbons (Fsp3) is 0.393. The summed E-state index contributed by atoms with van der Waals surface area (Å²) < 4.78 is 78.6. The maximum Gasteiger partial charge on any atom is 0.254 e. The molecule has 1 unspecified atom stereocenters. The number of halogens is 5. The first kappa shape index (κ1) is 26.1. The van der Waals surface area contributed by atoms with Crippen molar-refractivity contribution >= 4 is 5.91 Å². The molecule has 0 spiro atoms. The number of nitrogens with one attached hydrogen (secondary N) is 1. The average molecular weight is 532 g/mol. The first-order valence-corrected chi connectivity index (χ1v) is 12.6. The molecule has 2 fully saturated rings. The molecule has 0 bridgehead atoms. The first-order chi connectivity index (χ1) is 18.1. The van der Waals surface area contributed by atoms with Crippen molar-refractivity contribution in [1.82, 2.24) is 15.3 Å². The highest BCUT2D eigenvalue weighted by Crippen LogP contribution is 2.41. The predicted octanol–water partition coefficient (Wildman–Crippen LogP) is 6.71. The molecule has 1 N–H and O–H groups in total. The number of hydrogen-bond donors (Lipinski definition) is 1. The van der Waals surface area contributed by atoms with Gasteiger partial charge in [-0.1, -0.05) is 6.07 Å². The molecule has 38 heavy (non-hydrogen) atoms. The molecule has 5 nitrogen and oxygen atoms in total. The quantitative estimate of drug-likeness (QED) is 0.344. The molecule has 3 aromatic rings. The Balaban J connectivity index is 1.68. The summed E-state index contributed by atoms with van der Waals surface area (Å²) >= 11 is 0. The van der Waals surface area contributed by atoms with E-state index < -0.39 is 60.1 Å². The van der Waals surface area contributed by atoms with Gasteiger partial charge in [-0.15, -0.1) is 0 Å². The lowest BCUT2D eigenvalue weighted by Crippen LogP contribution is -2.40. The average Bonchev–Trinajstić information content (AvgIpc) is 3.74. The van der Waals surface area contributed by atoms with E-state index in [4.69, 9.17) is 4.74 Å². The van der Waals surface area contributed by atoms with Gasteiger partial charge >= 0.3 is 0 Å². The fourth-order valence-electron chi connectivity index (χ4n) is 4.78. The van der Waals surface area contributed by atoms with Crippen LogP contribution in [0.25, 0.3) is 22.4 Å². The normalized spacial score (nSPS) is 18.2. The molecule has 1 atom stereocenters. The summed E-state index contributed by atoms with van der Waals surface area (Å²) in [7, 11) is 0. The zero-order chi connectivity index (χ0) is 27.0. The fourth-order valence-corrected chi connectivity index (χ4v) is 4.78. The summed E-state index contributed by atoms with van der Waals surface area (Å²) in [4.78, 5) is 21.9. The number of amides is 1. The van der Waals surface area contributed by atoms with Crippen molar-refractivity contribution in [3.8, 4) is 28.3 Å². The number of aromatic nitrogens is 2. The number of rotatable bonds is 7. The molecule has 2 saturated carbocycles. The Bertz CT molecular complexity index is 1340. The lowest BCUT2D eigenvalue weighted by molar-refractivity contribution is -0.0399. The number of pyridine rings is 2. The maximum absolute atomic E-state index is 16.1. The SMILES string of the molecule is CC(Oc1nc(-c2cc(F)ccc2F)c(C(=O)NC2CCC(F)(F)CC2)c(-c2cccnc2)c1F)C1CC1. The molecular formula is C28H26F5N3O2. The molecule has 2 heterocycles. The minimum Gasteiger partial charge on any atom is -0.472 e. The standard InChI is InChI=1S/C28H26F5N3O2/c1-15(16-4-5-16)38-27-24(31)22(17-3-2-12-34-14-17)23(25(36-27)20-13-18(29)6-7-21(20)30)26(37)35-19-8-10-28(32,33)11-9-19/h2-3,6-7,12-16,19H,4-5,8-11H2,1H3,(H,35,37). The molecular weight excluding hydrogens is 505 g/mol. The Morgan fingerprint density at radius 2 is 1.84 bits per heavy atom. The minimum atomic E-state index is -2.82. The first-order valence-electron chi connectivity index (χ1n) is 12.6. The molecule has 2 aromatic heterocycles. The Morgan fingerprint density at radius 1 is 1.11 bits per heavy atom. The highest BCUT2D eigenvalue weighted by Gasteiger charge is 2.37. The van der Waals surface area contributed by atoms with Gasteiger partial charge in [-0.25, -0.2) is 26.9 Å². The van der Waals surface area contributed by atoms with Crippen LogP contribution in [0.1, 0.15) is 55.8 Å². The van der Waals surface area contributed by atoms with Crippen LogP contribution in [0.5, 0.6) is 5.88 Å². The van der Waals surface area contributed by atoms with Gasteiger partial charge in [0.15, 0.2) is 5.82 Å². The number of hydrogen-bond acceptors (Lipinski definition) is 4. The number of carbonyl (C=O) groups is 1. The summed E-state index contributed by atoms with van der Waals surface area (Å²) in [6, 6.07) is 5.12. The second-order valence-corrected chi connectivity index (χ2v) is 9.96. The third-order valence-electron chi connectivity index (χ3n) is 7.10. The van der Waals surface area contributed by atoms with E-state index in [0.29, 0.717) is 0 Å².